The second kappa shape index (κ2) is 9.57. The van der Waals surface area contributed by atoms with Gasteiger partial charge < -0.3 is 4.74 Å². The van der Waals surface area contributed by atoms with E-state index in [0.717, 1.165) is 11.7 Å². The Hall–Kier alpha value is -2.57. The molecular weight excluding hydrogens is 363 g/mol. The molecule has 2 nitrogen and oxygen atoms in total. The lowest BCUT2D eigenvalue weighted by Gasteiger charge is -2.32. The lowest BCUT2D eigenvalue weighted by atomic mass is 10.2. The fourth-order valence-corrected chi connectivity index (χ4v) is 8.31. The second-order valence-corrected chi connectivity index (χ2v) is 10.0. The fraction of sp³-hybridized carbons (Fsp3) is 0.200. The van der Waals surface area contributed by atoms with E-state index in [9.17, 15) is 4.79 Å². The van der Waals surface area contributed by atoms with E-state index in [-0.39, 0.29) is 5.97 Å². The number of benzene rings is 3. The fourth-order valence-electron chi connectivity index (χ4n) is 3.73. The van der Waals surface area contributed by atoms with Crippen LogP contribution in [-0.2, 0) is 9.53 Å². The van der Waals surface area contributed by atoms with Gasteiger partial charge in [-0.15, -0.1) is 0 Å². The van der Waals surface area contributed by atoms with Gasteiger partial charge in [0.15, 0.2) is 0 Å². The highest BCUT2D eigenvalue weighted by Crippen LogP contribution is 2.47. The van der Waals surface area contributed by atoms with Gasteiger partial charge in [0.2, 0.25) is 0 Å². The zero-order valence-electron chi connectivity index (χ0n) is 16.5. The summed E-state index contributed by atoms with van der Waals surface area (Å²) in [4.78, 5) is 13.3. The Kier molecular flexibility index (Phi) is 6.90. The number of hydrogen-bond acceptors (Lipinski definition) is 2. The van der Waals surface area contributed by atoms with Crippen molar-refractivity contribution in [2.45, 2.75) is 26.7 Å². The SMILES string of the molecule is CCCC(C(=O)OCC)=P(c1ccccc1)(c1ccccc1)c1ccccc1. The van der Waals surface area contributed by atoms with Gasteiger partial charge in [-0.25, -0.2) is 4.79 Å². The smallest absolute Gasteiger partial charge is 0.335 e. The third kappa shape index (κ3) is 3.84. The van der Waals surface area contributed by atoms with Crippen molar-refractivity contribution >= 4 is 34.1 Å². The van der Waals surface area contributed by atoms with E-state index in [1.54, 1.807) is 0 Å². The molecular formula is C25H27O2P. The average molecular weight is 390 g/mol. The first-order valence-electron chi connectivity index (χ1n) is 9.84. The molecule has 0 aliphatic rings. The number of ether oxygens (including phenoxy) is 1. The van der Waals surface area contributed by atoms with Gasteiger partial charge in [0, 0.05) is 5.29 Å². The summed E-state index contributed by atoms with van der Waals surface area (Å²) in [5, 5.41) is 4.44. The Balaban J connectivity index is 2.54. The van der Waals surface area contributed by atoms with E-state index in [0.29, 0.717) is 13.0 Å². The van der Waals surface area contributed by atoms with E-state index in [1.165, 1.54) is 15.9 Å². The molecule has 0 aliphatic heterocycles. The van der Waals surface area contributed by atoms with E-state index in [2.05, 4.69) is 79.7 Å². The normalized spacial score (nSPS) is 11.1. The quantitative estimate of drug-likeness (QED) is 0.438. The lowest BCUT2D eigenvalue weighted by molar-refractivity contribution is -0.134. The van der Waals surface area contributed by atoms with Crippen LogP contribution in [0.15, 0.2) is 91.0 Å². The number of carbonyl (C=O) groups excluding carboxylic acids is 1. The van der Waals surface area contributed by atoms with Gasteiger partial charge in [0.05, 0.1) is 6.61 Å². The van der Waals surface area contributed by atoms with Gasteiger partial charge in [0.1, 0.15) is 0 Å². The predicted octanol–water partition coefficient (Wildman–Crippen LogP) is 4.52. The molecule has 0 aromatic heterocycles. The molecule has 0 amide bonds. The molecule has 0 saturated carbocycles. The van der Waals surface area contributed by atoms with Crippen LogP contribution in [-0.4, -0.2) is 17.9 Å². The first-order chi connectivity index (χ1) is 13.7. The zero-order chi connectivity index (χ0) is 19.8. The summed E-state index contributed by atoms with van der Waals surface area (Å²) in [6.45, 7) is 2.05. The van der Waals surface area contributed by atoms with Crippen molar-refractivity contribution in [1.82, 2.24) is 0 Å². The first-order valence-corrected chi connectivity index (χ1v) is 11.6. The molecule has 0 atom stereocenters. The number of rotatable bonds is 7. The van der Waals surface area contributed by atoms with Crippen molar-refractivity contribution in [3.63, 3.8) is 0 Å². The highest BCUT2D eigenvalue weighted by molar-refractivity contribution is 7.96. The highest BCUT2D eigenvalue weighted by Gasteiger charge is 2.33. The Morgan fingerprint density at radius 1 is 0.714 bits per heavy atom. The molecule has 0 saturated heterocycles. The van der Waals surface area contributed by atoms with E-state index in [1.807, 2.05) is 25.1 Å². The lowest BCUT2D eigenvalue weighted by Crippen LogP contribution is -2.34. The van der Waals surface area contributed by atoms with Gasteiger partial charge in [-0.3, -0.25) is 0 Å². The molecule has 0 bridgehead atoms. The molecule has 0 heterocycles. The summed E-state index contributed by atoms with van der Waals surface area (Å²) in [5.41, 5.74) is 0. The minimum Gasteiger partial charge on any atom is -0.463 e. The summed E-state index contributed by atoms with van der Waals surface area (Å²) in [7, 11) is 0. The predicted molar refractivity (Wildman–Crippen MR) is 122 cm³/mol. The van der Waals surface area contributed by atoms with Crippen LogP contribution in [0.1, 0.15) is 26.7 Å². The standard InChI is InChI=1S/C25H27O2P/c1-3-14-24(25(26)27-4-2)28(21-15-8-5-9-16-21,22-17-10-6-11-18-22)23-19-12-7-13-20-23/h5-13,15-20H,3-4,14H2,1-2H3. The minimum atomic E-state index is -2.32. The average Bonchev–Trinajstić information content (AvgIpc) is 2.76. The number of carbonyl (C=O) groups is 1. The molecule has 0 fully saturated rings. The number of hydrogen-bond donors (Lipinski definition) is 0. The minimum absolute atomic E-state index is 0.172. The molecule has 3 aromatic carbocycles. The zero-order valence-corrected chi connectivity index (χ0v) is 17.4. The van der Waals surface area contributed by atoms with Crippen LogP contribution < -0.4 is 15.9 Å². The van der Waals surface area contributed by atoms with Crippen molar-refractivity contribution in [1.29, 1.82) is 0 Å². The van der Waals surface area contributed by atoms with Crippen LogP contribution in [0.4, 0.5) is 0 Å². The van der Waals surface area contributed by atoms with Gasteiger partial charge >= 0.3 is 5.97 Å². The molecule has 0 radical (unpaired) electrons. The van der Waals surface area contributed by atoms with E-state index < -0.39 is 6.89 Å². The van der Waals surface area contributed by atoms with Gasteiger partial charge in [-0.2, -0.15) is 0 Å². The van der Waals surface area contributed by atoms with Crippen LogP contribution in [0.5, 0.6) is 0 Å². The Bertz CT molecular complexity index is 844. The molecule has 0 spiro atoms. The van der Waals surface area contributed by atoms with Gasteiger partial charge in [-0.05, 0) is 36.1 Å². The molecule has 0 aliphatic carbocycles. The molecule has 3 rings (SSSR count). The highest BCUT2D eigenvalue weighted by atomic mass is 31.2. The topological polar surface area (TPSA) is 26.3 Å². The van der Waals surface area contributed by atoms with Crippen molar-refractivity contribution in [3.05, 3.63) is 91.0 Å². The molecule has 28 heavy (non-hydrogen) atoms. The maximum Gasteiger partial charge on any atom is 0.335 e. The van der Waals surface area contributed by atoms with Crippen molar-refractivity contribution in [2.75, 3.05) is 6.61 Å². The van der Waals surface area contributed by atoms with Gasteiger partial charge in [-0.1, -0.05) is 104 Å². The Morgan fingerprint density at radius 3 is 1.43 bits per heavy atom. The maximum atomic E-state index is 13.3. The number of esters is 1. The molecule has 3 aromatic rings. The third-order valence-electron chi connectivity index (χ3n) is 4.83. The molecule has 0 N–H and O–H groups in total. The second-order valence-electron chi connectivity index (χ2n) is 6.59. The molecule has 144 valence electrons. The van der Waals surface area contributed by atoms with Gasteiger partial charge in [0.25, 0.3) is 0 Å². The Labute approximate surface area is 168 Å². The van der Waals surface area contributed by atoms with Crippen LogP contribution in [0.2, 0.25) is 0 Å². The van der Waals surface area contributed by atoms with Crippen LogP contribution in [0.3, 0.4) is 0 Å². The monoisotopic (exact) mass is 390 g/mol. The summed E-state index contributed by atoms with van der Waals surface area (Å²) >= 11 is 0. The summed E-state index contributed by atoms with van der Waals surface area (Å²) < 4.78 is 5.58. The molecule has 0 unspecified atom stereocenters. The third-order valence-corrected chi connectivity index (χ3v) is 9.27. The van der Waals surface area contributed by atoms with E-state index in [4.69, 9.17) is 4.74 Å². The Morgan fingerprint density at radius 2 is 1.11 bits per heavy atom. The van der Waals surface area contributed by atoms with Crippen molar-refractivity contribution in [3.8, 4) is 0 Å². The van der Waals surface area contributed by atoms with E-state index >= 15 is 0 Å². The first kappa shape index (κ1) is 20.2. The summed E-state index contributed by atoms with van der Waals surface area (Å²) in [5.74, 6) is -0.172. The van der Waals surface area contributed by atoms with Crippen LogP contribution in [0.25, 0.3) is 0 Å². The van der Waals surface area contributed by atoms with Crippen LogP contribution in [0, 0.1) is 0 Å². The van der Waals surface area contributed by atoms with Crippen molar-refractivity contribution < 1.29 is 9.53 Å². The summed E-state index contributed by atoms with van der Waals surface area (Å²) in [6, 6.07) is 31.4. The van der Waals surface area contributed by atoms with Crippen LogP contribution >= 0.6 is 6.89 Å². The largest absolute Gasteiger partial charge is 0.463 e. The summed E-state index contributed by atoms with van der Waals surface area (Å²) in [6.07, 6.45) is 1.60. The van der Waals surface area contributed by atoms with Crippen molar-refractivity contribution in [2.24, 2.45) is 0 Å². The molecule has 3 heteroatoms. The maximum absolute atomic E-state index is 13.3.